The molecule has 1 aliphatic carbocycles. The third-order valence-corrected chi connectivity index (χ3v) is 5.88. The van der Waals surface area contributed by atoms with E-state index in [0.717, 1.165) is 18.5 Å². The number of phenolic OH excluding ortho intramolecular Hbond substituents is 1. The zero-order valence-corrected chi connectivity index (χ0v) is 22.4. The van der Waals surface area contributed by atoms with Crippen molar-refractivity contribution in [2.45, 2.75) is 84.0 Å². The van der Waals surface area contributed by atoms with Gasteiger partial charge in [-0.15, -0.1) is 0 Å². The topological polar surface area (TPSA) is 147 Å². The van der Waals surface area contributed by atoms with Crippen molar-refractivity contribution in [2.24, 2.45) is 0 Å². The predicted molar refractivity (Wildman–Crippen MR) is 139 cm³/mol. The minimum atomic E-state index is -0.414. The molecule has 1 aromatic carbocycles. The van der Waals surface area contributed by atoms with Gasteiger partial charge in [0.25, 0.3) is 5.91 Å². The number of carbonyl (C=O) groups is 2. The number of anilines is 1. The fourth-order valence-electron chi connectivity index (χ4n) is 4.09. The van der Waals surface area contributed by atoms with E-state index in [4.69, 9.17) is 14.2 Å². The molecule has 0 spiro atoms. The molecule has 2 unspecified atom stereocenters. The lowest BCUT2D eigenvalue weighted by Crippen LogP contribution is -2.42. The number of aromatic amines is 1. The van der Waals surface area contributed by atoms with Crippen molar-refractivity contribution in [3.05, 3.63) is 29.5 Å². The standard InChI is InChI=1S/C26H39N5O6/c1-15(2)27-13-19-21(32)10-18(35-6)11-22(19)36-14-24(33)28-23-12-20(30-31-23)16-7-8-17(9-16)37-25(34)29-26(3,4)5/h10-12,15-17,27,32H,7-9,13-14H2,1-6H3,(H,29,34)(H2,28,30,31,33). The molecule has 204 valence electrons. The largest absolute Gasteiger partial charge is 0.507 e. The molecule has 0 radical (unpaired) electrons. The number of hydrogen-bond donors (Lipinski definition) is 5. The van der Waals surface area contributed by atoms with Crippen LogP contribution in [0.25, 0.3) is 0 Å². The Bertz CT molecular complexity index is 1080. The van der Waals surface area contributed by atoms with Crippen LogP contribution >= 0.6 is 0 Å². The van der Waals surface area contributed by atoms with Crippen LogP contribution in [0.1, 0.15) is 71.1 Å². The molecule has 37 heavy (non-hydrogen) atoms. The maximum atomic E-state index is 12.6. The second kappa shape index (κ2) is 12.2. The molecule has 2 amide bonds. The molecule has 1 saturated carbocycles. The highest BCUT2D eigenvalue weighted by Gasteiger charge is 2.30. The van der Waals surface area contributed by atoms with E-state index in [1.165, 1.54) is 13.2 Å². The number of nitrogens with one attached hydrogen (secondary N) is 4. The number of nitrogens with zero attached hydrogens (tertiary/aromatic N) is 1. The van der Waals surface area contributed by atoms with Crippen molar-refractivity contribution < 1.29 is 28.9 Å². The number of aromatic nitrogens is 2. The average molecular weight is 518 g/mol. The van der Waals surface area contributed by atoms with Crippen LogP contribution in [0.2, 0.25) is 0 Å². The maximum Gasteiger partial charge on any atom is 0.407 e. The smallest absolute Gasteiger partial charge is 0.407 e. The number of phenols is 1. The first-order valence-corrected chi connectivity index (χ1v) is 12.5. The molecule has 0 aliphatic heterocycles. The lowest BCUT2D eigenvalue weighted by Gasteiger charge is -2.22. The first-order valence-electron chi connectivity index (χ1n) is 12.5. The summed E-state index contributed by atoms with van der Waals surface area (Å²) in [5.74, 6) is 0.943. The van der Waals surface area contributed by atoms with E-state index in [9.17, 15) is 14.7 Å². The van der Waals surface area contributed by atoms with Gasteiger partial charge in [-0.25, -0.2) is 4.79 Å². The quantitative estimate of drug-likeness (QED) is 0.320. The van der Waals surface area contributed by atoms with E-state index in [1.807, 2.05) is 34.6 Å². The predicted octanol–water partition coefficient (Wildman–Crippen LogP) is 3.80. The number of alkyl carbamates (subject to hydrolysis) is 1. The van der Waals surface area contributed by atoms with Gasteiger partial charge in [-0.1, -0.05) is 13.8 Å². The number of carbonyl (C=O) groups excluding carboxylic acids is 2. The van der Waals surface area contributed by atoms with Crippen molar-refractivity contribution in [3.63, 3.8) is 0 Å². The van der Waals surface area contributed by atoms with Gasteiger partial charge in [0.1, 0.15) is 23.4 Å². The molecule has 0 saturated heterocycles. The van der Waals surface area contributed by atoms with Gasteiger partial charge in [0.05, 0.1) is 7.11 Å². The Morgan fingerprint density at radius 2 is 1.97 bits per heavy atom. The van der Waals surface area contributed by atoms with Crippen LogP contribution in [0.3, 0.4) is 0 Å². The van der Waals surface area contributed by atoms with Crippen molar-refractivity contribution in [2.75, 3.05) is 19.0 Å². The summed E-state index contributed by atoms with van der Waals surface area (Å²) >= 11 is 0. The van der Waals surface area contributed by atoms with Gasteiger partial charge < -0.3 is 35.3 Å². The maximum absolute atomic E-state index is 12.6. The van der Waals surface area contributed by atoms with E-state index in [1.54, 1.807) is 12.1 Å². The molecular formula is C26H39N5O6. The summed E-state index contributed by atoms with van der Waals surface area (Å²) in [4.78, 5) is 24.6. The summed E-state index contributed by atoms with van der Waals surface area (Å²) < 4.78 is 16.5. The van der Waals surface area contributed by atoms with Gasteiger partial charge in [0.15, 0.2) is 12.4 Å². The minimum absolute atomic E-state index is 0.0228. The number of rotatable bonds is 10. The summed E-state index contributed by atoms with van der Waals surface area (Å²) in [5, 5.41) is 26.3. The number of H-pyrrole nitrogens is 1. The summed E-state index contributed by atoms with van der Waals surface area (Å²) in [6.07, 6.45) is 1.71. The van der Waals surface area contributed by atoms with Crippen LogP contribution < -0.4 is 25.4 Å². The lowest BCUT2D eigenvalue weighted by atomic mass is 10.0. The Morgan fingerprint density at radius 1 is 1.22 bits per heavy atom. The van der Waals surface area contributed by atoms with E-state index in [2.05, 4.69) is 26.1 Å². The Labute approximate surface area is 217 Å². The van der Waals surface area contributed by atoms with E-state index in [-0.39, 0.29) is 36.0 Å². The molecule has 5 N–H and O–H groups in total. The molecule has 0 bridgehead atoms. The first kappa shape index (κ1) is 28.1. The number of benzene rings is 1. The van der Waals surface area contributed by atoms with E-state index in [0.29, 0.717) is 35.8 Å². The third-order valence-electron chi connectivity index (χ3n) is 5.88. The van der Waals surface area contributed by atoms with Gasteiger partial charge in [0, 0.05) is 53.5 Å². The number of ether oxygens (including phenoxy) is 3. The molecule has 11 nitrogen and oxygen atoms in total. The first-order chi connectivity index (χ1) is 17.4. The SMILES string of the molecule is COc1cc(O)c(CNC(C)C)c(OCC(=O)Nc2cc(C3CCC(OC(=O)NC(C)(C)C)C3)[nH]n2)c1. The highest BCUT2D eigenvalue weighted by Crippen LogP contribution is 2.36. The van der Waals surface area contributed by atoms with Gasteiger partial charge in [0.2, 0.25) is 0 Å². The molecule has 1 aromatic heterocycles. The lowest BCUT2D eigenvalue weighted by molar-refractivity contribution is -0.118. The van der Waals surface area contributed by atoms with Crippen LogP contribution in [0.15, 0.2) is 18.2 Å². The average Bonchev–Trinajstić information content (AvgIpc) is 3.44. The van der Waals surface area contributed by atoms with E-state index >= 15 is 0 Å². The summed E-state index contributed by atoms with van der Waals surface area (Å²) in [5.41, 5.74) is 1.06. The highest BCUT2D eigenvalue weighted by atomic mass is 16.6. The van der Waals surface area contributed by atoms with E-state index < -0.39 is 12.0 Å². The fraction of sp³-hybridized carbons (Fsp3) is 0.577. The van der Waals surface area contributed by atoms with Crippen LogP contribution in [0.4, 0.5) is 10.6 Å². The van der Waals surface area contributed by atoms with Crippen molar-refractivity contribution >= 4 is 17.8 Å². The van der Waals surface area contributed by atoms with Gasteiger partial charge in [-0.2, -0.15) is 5.10 Å². The molecule has 1 fully saturated rings. The molecule has 2 atom stereocenters. The number of hydrogen-bond acceptors (Lipinski definition) is 8. The second-order valence-electron chi connectivity index (χ2n) is 10.6. The van der Waals surface area contributed by atoms with Crippen LogP contribution in [-0.2, 0) is 16.1 Å². The number of methoxy groups -OCH3 is 1. The summed E-state index contributed by atoms with van der Waals surface area (Å²) in [7, 11) is 1.49. The molecule has 11 heteroatoms. The monoisotopic (exact) mass is 517 g/mol. The molecule has 2 aromatic rings. The normalized spacial score (nSPS) is 17.5. The minimum Gasteiger partial charge on any atom is -0.507 e. The van der Waals surface area contributed by atoms with Crippen molar-refractivity contribution in [1.29, 1.82) is 0 Å². The van der Waals surface area contributed by atoms with Gasteiger partial charge >= 0.3 is 6.09 Å². The molecular weight excluding hydrogens is 478 g/mol. The zero-order chi connectivity index (χ0) is 27.2. The number of amides is 2. The molecule has 1 aliphatic rings. The van der Waals surface area contributed by atoms with Crippen molar-refractivity contribution in [1.82, 2.24) is 20.8 Å². The van der Waals surface area contributed by atoms with Crippen molar-refractivity contribution in [3.8, 4) is 17.2 Å². The Morgan fingerprint density at radius 3 is 2.65 bits per heavy atom. The Balaban J connectivity index is 1.53. The summed E-state index contributed by atoms with van der Waals surface area (Å²) in [6, 6.07) is 5.13. The fourth-order valence-corrected chi connectivity index (χ4v) is 4.09. The van der Waals surface area contributed by atoms with Gasteiger partial charge in [-0.3, -0.25) is 9.89 Å². The van der Waals surface area contributed by atoms with Crippen LogP contribution in [0, 0.1) is 0 Å². The Kier molecular flexibility index (Phi) is 9.25. The second-order valence-corrected chi connectivity index (χ2v) is 10.6. The zero-order valence-electron chi connectivity index (χ0n) is 22.4. The highest BCUT2D eigenvalue weighted by molar-refractivity contribution is 5.91. The third kappa shape index (κ3) is 8.56. The van der Waals surface area contributed by atoms with Gasteiger partial charge in [-0.05, 0) is 40.0 Å². The Hall–Kier alpha value is -3.47. The van der Waals surface area contributed by atoms with Crippen LogP contribution in [-0.4, -0.2) is 58.7 Å². The summed E-state index contributed by atoms with van der Waals surface area (Å²) in [6.45, 7) is 9.80. The van der Waals surface area contributed by atoms with Crippen LogP contribution in [0.5, 0.6) is 17.2 Å². The number of aromatic hydroxyl groups is 1. The molecule has 3 rings (SSSR count). The molecule has 1 heterocycles.